The molecule has 2 saturated heterocycles. The number of amides is 1. The predicted octanol–water partition coefficient (Wildman–Crippen LogP) is 3.38. The van der Waals surface area contributed by atoms with Gasteiger partial charge in [0.2, 0.25) is 0 Å². The Morgan fingerprint density at radius 2 is 2.16 bits per heavy atom. The van der Waals surface area contributed by atoms with Crippen LogP contribution in [-0.4, -0.2) is 47.6 Å². The number of carbonyl (C=O) groups is 1. The van der Waals surface area contributed by atoms with E-state index < -0.39 is 11.7 Å². The lowest BCUT2D eigenvalue weighted by Gasteiger charge is -2.25. The number of benzene rings is 1. The Hall–Kier alpha value is -3.13. The smallest absolute Gasteiger partial charge is 0.261 e. The molecule has 2 aliphatic heterocycles. The number of anilines is 2. The Balaban J connectivity index is 1.35. The number of nitrogens with zero attached hydrogens (tertiary/aromatic N) is 3. The number of halogens is 1. The molecule has 1 spiro atoms. The first-order valence-electron chi connectivity index (χ1n) is 10.6. The molecule has 31 heavy (non-hydrogen) atoms. The van der Waals surface area contributed by atoms with Crippen molar-refractivity contribution >= 4 is 22.9 Å². The molecular weight excluding hydrogens is 397 g/mol. The van der Waals surface area contributed by atoms with Gasteiger partial charge in [-0.3, -0.25) is 4.79 Å². The molecule has 1 unspecified atom stereocenters. The van der Waals surface area contributed by atoms with Gasteiger partial charge in [-0.15, -0.1) is 0 Å². The third kappa shape index (κ3) is 3.61. The van der Waals surface area contributed by atoms with E-state index >= 15 is 0 Å². The number of aromatic nitrogens is 2. The summed E-state index contributed by atoms with van der Waals surface area (Å²) in [6.45, 7) is 4.72. The Bertz CT molecular complexity index is 1150. The molecule has 2 aliphatic rings. The van der Waals surface area contributed by atoms with Crippen LogP contribution < -0.4 is 20.3 Å². The maximum atomic E-state index is 14.9. The topological polar surface area (TPSA) is 70.9 Å². The van der Waals surface area contributed by atoms with E-state index in [1.165, 1.54) is 26.0 Å². The highest BCUT2D eigenvalue weighted by atomic mass is 19.1. The predicted molar refractivity (Wildman–Crippen MR) is 118 cm³/mol. The quantitative estimate of drug-likeness (QED) is 0.673. The van der Waals surface area contributed by atoms with E-state index in [1.54, 1.807) is 22.7 Å². The summed E-state index contributed by atoms with van der Waals surface area (Å²) < 4.78 is 22.0. The van der Waals surface area contributed by atoms with Crippen LogP contribution in [-0.2, 0) is 0 Å². The Kier molecular flexibility index (Phi) is 4.81. The molecule has 0 bridgehead atoms. The SMILES string of the molecule is COc1cc2nc(C)cn2cc1C(=O)Nc1ccc(N2CCC3(CCCN3)C2)cc1F. The number of pyridine rings is 1. The van der Waals surface area contributed by atoms with Gasteiger partial charge >= 0.3 is 0 Å². The lowest BCUT2D eigenvalue weighted by Crippen LogP contribution is -2.42. The zero-order chi connectivity index (χ0) is 21.6. The van der Waals surface area contributed by atoms with Gasteiger partial charge in [0, 0.05) is 42.8 Å². The highest BCUT2D eigenvalue weighted by Crippen LogP contribution is 2.34. The van der Waals surface area contributed by atoms with E-state index in [2.05, 4.69) is 20.5 Å². The third-order valence-corrected chi connectivity index (χ3v) is 6.39. The van der Waals surface area contributed by atoms with Crippen LogP contribution in [0.25, 0.3) is 5.65 Å². The highest BCUT2D eigenvalue weighted by Gasteiger charge is 2.40. The number of rotatable bonds is 4. The highest BCUT2D eigenvalue weighted by molar-refractivity contribution is 6.06. The lowest BCUT2D eigenvalue weighted by atomic mass is 9.97. The van der Waals surface area contributed by atoms with E-state index in [1.807, 2.05) is 19.2 Å². The molecule has 0 aliphatic carbocycles. The van der Waals surface area contributed by atoms with Crippen LogP contribution in [0.4, 0.5) is 15.8 Å². The Morgan fingerprint density at radius 3 is 2.90 bits per heavy atom. The van der Waals surface area contributed by atoms with Gasteiger partial charge in [-0.05, 0) is 50.9 Å². The van der Waals surface area contributed by atoms with Crippen molar-refractivity contribution in [1.29, 1.82) is 0 Å². The number of hydrogen-bond donors (Lipinski definition) is 2. The first-order chi connectivity index (χ1) is 15.0. The van der Waals surface area contributed by atoms with Gasteiger partial charge in [-0.2, -0.15) is 0 Å². The standard InChI is InChI=1S/C23H26FN5O2/c1-15-12-29-13-17(20(31-2)11-21(29)26-15)22(30)27-19-5-4-16(10-18(19)24)28-9-7-23(14-28)6-3-8-25-23/h4-5,10-13,25H,3,6-9,14H2,1-2H3,(H,27,30). The normalized spacial score (nSPS) is 20.7. The van der Waals surface area contributed by atoms with Crippen LogP contribution in [0.2, 0.25) is 0 Å². The van der Waals surface area contributed by atoms with E-state index in [4.69, 9.17) is 4.74 Å². The minimum absolute atomic E-state index is 0.144. The molecular formula is C23H26FN5O2. The zero-order valence-corrected chi connectivity index (χ0v) is 17.7. The van der Waals surface area contributed by atoms with Crippen LogP contribution >= 0.6 is 0 Å². The molecule has 162 valence electrons. The number of methoxy groups -OCH3 is 1. The average Bonchev–Trinajstić information content (AvgIpc) is 3.48. The molecule has 3 aromatic rings. The molecule has 8 heteroatoms. The van der Waals surface area contributed by atoms with Crippen molar-refractivity contribution in [2.45, 2.75) is 31.7 Å². The summed E-state index contributed by atoms with van der Waals surface area (Å²) in [7, 11) is 1.50. The third-order valence-electron chi connectivity index (χ3n) is 6.39. The van der Waals surface area contributed by atoms with Gasteiger partial charge in [0.1, 0.15) is 17.2 Å². The first kappa shape index (κ1) is 19.8. The molecule has 0 saturated carbocycles. The zero-order valence-electron chi connectivity index (χ0n) is 17.7. The van der Waals surface area contributed by atoms with Crippen LogP contribution in [0, 0.1) is 12.7 Å². The van der Waals surface area contributed by atoms with Crippen molar-refractivity contribution in [3.63, 3.8) is 0 Å². The van der Waals surface area contributed by atoms with Crippen molar-refractivity contribution in [2.75, 3.05) is 37.0 Å². The number of imidazole rings is 1. The molecule has 0 radical (unpaired) electrons. The van der Waals surface area contributed by atoms with Crippen molar-refractivity contribution in [2.24, 2.45) is 0 Å². The fourth-order valence-corrected chi connectivity index (χ4v) is 4.78. The minimum Gasteiger partial charge on any atom is -0.496 e. The van der Waals surface area contributed by atoms with E-state index in [0.717, 1.165) is 37.4 Å². The van der Waals surface area contributed by atoms with Crippen LogP contribution in [0.1, 0.15) is 35.3 Å². The maximum absolute atomic E-state index is 14.9. The van der Waals surface area contributed by atoms with Crippen LogP contribution in [0.15, 0.2) is 36.7 Å². The summed E-state index contributed by atoms with van der Waals surface area (Å²) >= 11 is 0. The monoisotopic (exact) mass is 423 g/mol. The van der Waals surface area contributed by atoms with Gasteiger partial charge in [0.05, 0.1) is 24.1 Å². The fourth-order valence-electron chi connectivity index (χ4n) is 4.78. The van der Waals surface area contributed by atoms with Crippen LogP contribution in [0.5, 0.6) is 5.75 Å². The number of ether oxygens (including phenoxy) is 1. The number of aryl methyl sites for hydroxylation is 1. The number of hydrogen-bond acceptors (Lipinski definition) is 5. The summed E-state index contributed by atoms with van der Waals surface area (Å²) in [5.41, 5.74) is 2.98. The molecule has 2 fully saturated rings. The molecule has 7 nitrogen and oxygen atoms in total. The first-order valence-corrected chi connectivity index (χ1v) is 10.6. The molecule has 1 amide bonds. The second-order valence-electron chi connectivity index (χ2n) is 8.50. The Labute approximate surface area is 180 Å². The summed E-state index contributed by atoms with van der Waals surface area (Å²) in [4.78, 5) is 19.5. The van der Waals surface area contributed by atoms with Gasteiger partial charge in [-0.1, -0.05) is 0 Å². The lowest BCUT2D eigenvalue weighted by molar-refractivity contribution is 0.102. The van der Waals surface area contributed by atoms with Gasteiger partial charge in [-0.25, -0.2) is 9.37 Å². The molecule has 5 rings (SSSR count). The minimum atomic E-state index is -0.454. The molecule has 1 aromatic carbocycles. The molecule has 1 atom stereocenters. The van der Waals surface area contributed by atoms with Gasteiger partial charge in [0.15, 0.2) is 0 Å². The Morgan fingerprint density at radius 1 is 1.29 bits per heavy atom. The van der Waals surface area contributed by atoms with Gasteiger partial charge < -0.3 is 24.7 Å². The maximum Gasteiger partial charge on any atom is 0.261 e. The van der Waals surface area contributed by atoms with E-state index in [-0.39, 0.29) is 11.2 Å². The summed E-state index contributed by atoms with van der Waals surface area (Å²) in [6.07, 6.45) is 6.91. The average molecular weight is 423 g/mol. The number of fused-ring (bicyclic) bond motifs is 1. The van der Waals surface area contributed by atoms with E-state index in [9.17, 15) is 9.18 Å². The van der Waals surface area contributed by atoms with Crippen molar-refractivity contribution in [3.8, 4) is 5.75 Å². The van der Waals surface area contributed by atoms with Gasteiger partial charge in [0.25, 0.3) is 5.91 Å². The summed E-state index contributed by atoms with van der Waals surface area (Å²) in [6, 6.07) is 6.69. The molecule has 2 N–H and O–H groups in total. The largest absolute Gasteiger partial charge is 0.496 e. The van der Waals surface area contributed by atoms with Crippen molar-refractivity contribution in [1.82, 2.24) is 14.7 Å². The second-order valence-corrected chi connectivity index (χ2v) is 8.50. The molecule has 2 aromatic heterocycles. The molecule has 4 heterocycles. The number of nitrogens with one attached hydrogen (secondary N) is 2. The van der Waals surface area contributed by atoms with Crippen molar-refractivity contribution in [3.05, 3.63) is 53.7 Å². The van der Waals surface area contributed by atoms with Crippen molar-refractivity contribution < 1.29 is 13.9 Å². The summed E-state index contributed by atoms with van der Waals surface area (Å²) in [5.74, 6) is -0.504. The van der Waals surface area contributed by atoms with Crippen LogP contribution in [0.3, 0.4) is 0 Å². The summed E-state index contributed by atoms with van der Waals surface area (Å²) in [5, 5.41) is 6.30. The second kappa shape index (κ2) is 7.53. The van der Waals surface area contributed by atoms with E-state index in [0.29, 0.717) is 17.0 Å². The number of carbonyl (C=O) groups excluding carboxylic acids is 1. The fraction of sp³-hybridized carbons (Fsp3) is 0.391.